The van der Waals surface area contributed by atoms with Gasteiger partial charge in [-0.25, -0.2) is 4.79 Å². The number of H-pyrrole nitrogens is 1. The Balaban J connectivity index is 2.25. The molecule has 2 rings (SSSR count). The average molecular weight is 361 g/mol. The summed E-state index contributed by atoms with van der Waals surface area (Å²) >= 11 is 0. The summed E-state index contributed by atoms with van der Waals surface area (Å²) in [5, 5.41) is 21.3. The second-order valence-electron chi connectivity index (χ2n) is 8.57. The molecule has 1 aromatic heterocycles. The second kappa shape index (κ2) is 6.72. The van der Waals surface area contributed by atoms with Gasteiger partial charge in [0.15, 0.2) is 0 Å². The van der Waals surface area contributed by atoms with E-state index in [0.29, 0.717) is 11.2 Å². The molecule has 7 heteroatoms. The number of nitrogens with one attached hydrogen (secondary N) is 1. The summed E-state index contributed by atoms with van der Waals surface area (Å²) in [7, 11) is -1.21. The van der Waals surface area contributed by atoms with Crippen molar-refractivity contribution < 1.29 is 24.3 Å². The van der Waals surface area contributed by atoms with E-state index in [1.807, 2.05) is 20.8 Å². The van der Waals surface area contributed by atoms with Gasteiger partial charge in [0.25, 0.3) is 0 Å². The third kappa shape index (κ3) is 4.66. The Hall–Kier alpha value is -1.83. The number of aromatic amines is 1. The van der Waals surface area contributed by atoms with Crippen molar-refractivity contribution in [3.63, 3.8) is 0 Å². The first-order valence-electron chi connectivity index (χ1n) is 8.64. The van der Waals surface area contributed by atoms with Crippen LogP contribution in [0.15, 0.2) is 24.3 Å². The van der Waals surface area contributed by atoms with Crippen LogP contribution in [0.4, 0.5) is 0 Å². The molecule has 3 N–H and O–H groups in total. The zero-order valence-electron chi connectivity index (χ0n) is 16.5. The molecule has 0 amide bonds. The molecule has 1 aromatic carbocycles. The van der Waals surface area contributed by atoms with Gasteiger partial charge in [0.05, 0.1) is 11.2 Å². The van der Waals surface area contributed by atoms with E-state index in [9.17, 15) is 14.9 Å². The SMILES string of the molecule is CC(C)(C)OC(=O)c1cc2cc(B(O)OC(C)(C)C(C)(C)O)ccc2[nH]1. The molecule has 142 valence electrons. The molecule has 0 bridgehead atoms. The summed E-state index contributed by atoms with van der Waals surface area (Å²) in [6.07, 6.45) is 0. The van der Waals surface area contributed by atoms with Crippen LogP contribution in [-0.4, -0.2) is 45.0 Å². The minimum Gasteiger partial charge on any atom is -0.455 e. The van der Waals surface area contributed by atoms with Gasteiger partial charge in [0.2, 0.25) is 0 Å². The van der Waals surface area contributed by atoms with Crippen molar-refractivity contribution in [3.05, 3.63) is 30.0 Å². The van der Waals surface area contributed by atoms with E-state index >= 15 is 0 Å². The van der Waals surface area contributed by atoms with E-state index < -0.39 is 29.9 Å². The molecular weight excluding hydrogens is 333 g/mol. The molecule has 0 saturated carbocycles. The highest BCUT2D eigenvalue weighted by molar-refractivity contribution is 6.60. The van der Waals surface area contributed by atoms with E-state index in [1.165, 1.54) is 0 Å². The van der Waals surface area contributed by atoms with Gasteiger partial charge in [-0.3, -0.25) is 0 Å². The zero-order chi connectivity index (χ0) is 19.9. The smallest absolute Gasteiger partial charge is 0.455 e. The Bertz CT molecular complexity index is 798. The lowest BCUT2D eigenvalue weighted by Gasteiger charge is -2.38. The van der Waals surface area contributed by atoms with E-state index in [2.05, 4.69) is 4.98 Å². The van der Waals surface area contributed by atoms with Crippen LogP contribution in [0.3, 0.4) is 0 Å². The minimum absolute atomic E-state index is 0.347. The first-order valence-corrected chi connectivity index (χ1v) is 8.64. The highest BCUT2D eigenvalue weighted by Gasteiger charge is 2.39. The predicted octanol–water partition coefficient (Wildman–Crippen LogP) is 2.38. The summed E-state index contributed by atoms with van der Waals surface area (Å²) in [5.41, 5.74) is -1.03. The highest BCUT2D eigenvalue weighted by atomic mass is 16.6. The molecule has 0 radical (unpaired) electrons. The van der Waals surface area contributed by atoms with Gasteiger partial charge in [-0.15, -0.1) is 0 Å². The van der Waals surface area contributed by atoms with Gasteiger partial charge >= 0.3 is 13.1 Å². The van der Waals surface area contributed by atoms with Crippen molar-refractivity contribution in [3.8, 4) is 0 Å². The van der Waals surface area contributed by atoms with Crippen molar-refractivity contribution in [2.75, 3.05) is 0 Å². The van der Waals surface area contributed by atoms with Crippen molar-refractivity contribution in [2.45, 2.75) is 65.3 Å². The Kier molecular flexibility index (Phi) is 5.30. The van der Waals surface area contributed by atoms with Crippen LogP contribution >= 0.6 is 0 Å². The van der Waals surface area contributed by atoms with Gasteiger partial charge in [-0.1, -0.05) is 12.1 Å². The van der Waals surface area contributed by atoms with Crippen LogP contribution in [0.2, 0.25) is 0 Å². The number of hydrogen-bond donors (Lipinski definition) is 3. The molecule has 0 aliphatic heterocycles. The Morgan fingerprint density at radius 3 is 2.23 bits per heavy atom. The molecule has 2 aromatic rings. The molecule has 0 spiro atoms. The normalized spacial score (nSPS) is 13.1. The van der Waals surface area contributed by atoms with Gasteiger partial charge in [-0.05, 0) is 71.4 Å². The largest absolute Gasteiger partial charge is 0.491 e. The summed E-state index contributed by atoms with van der Waals surface area (Å²) in [5.74, 6) is -0.435. The van der Waals surface area contributed by atoms with Crippen molar-refractivity contribution in [1.82, 2.24) is 4.98 Å². The maximum atomic E-state index is 12.2. The lowest BCUT2D eigenvalue weighted by atomic mass is 9.76. The Labute approximate surface area is 154 Å². The first-order chi connectivity index (χ1) is 11.7. The maximum absolute atomic E-state index is 12.2. The monoisotopic (exact) mass is 361 g/mol. The van der Waals surface area contributed by atoms with Crippen molar-refractivity contribution in [1.29, 1.82) is 0 Å². The van der Waals surface area contributed by atoms with Crippen LogP contribution < -0.4 is 5.46 Å². The lowest BCUT2D eigenvalue weighted by Crippen LogP contribution is -2.53. The summed E-state index contributed by atoms with van der Waals surface area (Å²) in [6, 6.07) is 6.90. The standard InChI is InChI=1S/C19H28BNO5/c1-17(2,3)25-16(22)15-11-12-10-13(8-9-14(12)21-15)20(24)26-19(6,7)18(4,5)23/h8-11,21,23-24H,1-7H3. The lowest BCUT2D eigenvalue weighted by molar-refractivity contribution is -0.0982. The number of aliphatic hydroxyl groups is 1. The molecule has 0 aliphatic rings. The second-order valence-corrected chi connectivity index (χ2v) is 8.57. The fourth-order valence-electron chi connectivity index (χ4n) is 2.24. The molecule has 0 atom stereocenters. The molecule has 0 fully saturated rings. The van der Waals surface area contributed by atoms with Gasteiger partial charge in [0.1, 0.15) is 11.3 Å². The maximum Gasteiger partial charge on any atom is 0.491 e. The number of benzene rings is 1. The molecule has 0 unspecified atom stereocenters. The average Bonchev–Trinajstić information content (AvgIpc) is 2.86. The highest BCUT2D eigenvalue weighted by Crippen LogP contribution is 2.25. The van der Waals surface area contributed by atoms with E-state index in [4.69, 9.17) is 9.39 Å². The third-order valence-corrected chi connectivity index (χ3v) is 4.43. The molecule has 0 saturated heterocycles. The Morgan fingerprint density at radius 1 is 1.08 bits per heavy atom. The number of rotatable bonds is 5. The molecule has 6 nitrogen and oxygen atoms in total. The number of carbonyl (C=O) groups excluding carboxylic acids is 1. The topological polar surface area (TPSA) is 91.8 Å². The fourth-order valence-corrected chi connectivity index (χ4v) is 2.24. The van der Waals surface area contributed by atoms with Crippen LogP contribution in [0.1, 0.15) is 59.0 Å². The van der Waals surface area contributed by atoms with Gasteiger partial charge in [0, 0.05) is 5.52 Å². The number of carbonyl (C=O) groups is 1. The molecule has 26 heavy (non-hydrogen) atoms. The molecule has 1 heterocycles. The van der Waals surface area contributed by atoms with Crippen molar-refractivity contribution >= 4 is 29.5 Å². The quantitative estimate of drug-likeness (QED) is 0.562. The van der Waals surface area contributed by atoms with Crippen LogP contribution in [0.5, 0.6) is 0 Å². The predicted molar refractivity (Wildman–Crippen MR) is 103 cm³/mol. The molecule has 0 aliphatic carbocycles. The number of aromatic nitrogens is 1. The number of fused-ring (bicyclic) bond motifs is 1. The van der Waals surface area contributed by atoms with Crippen LogP contribution in [0, 0.1) is 0 Å². The molecular formula is C19H28BNO5. The van der Waals surface area contributed by atoms with Gasteiger partial charge < -0.3 is 24.5 Å². The zero-order valence-corrected chi connectivity index (χ0v) is 16.5. The van der Waals surface area contributed by atoms with E-state index in [1.54, 1.807) is 52.0 Å². The fraction of sp³-hybridized carbons (Fsp3) is 0.526. The third-order valence-electron chi connectivity index (χ3n) is 4.43. The number of esters is 1. The van der Waals surface area contributed by atoms with Crippen molar-refractivity contribution in [2.24, 2.45) is 0 Å². The van der Waals surface area contributed by atoms with E-state index in [-0.39, 0.29) is 0 Å². The van der Waals surface area contributed by atoms with Crippen LogP contribution in [0.25, 0.3) is 10.9 Å². The number of hydrogen-bond acceptors (Lipinski definition) is 5. The summed E-state index contributed by atoms with van der Waals surface area (Å²) < 4.78 is 11.0. The first kappa shape index (κ1) is 20.5. The number of ether oxygens (including phenoxy) is 1. The van der Waals surface area contributed by atoms with Gasteiger partial charge in [-0.2, -0.15) is 0 Å². The van der Waals surface area contributed by atoms with Crippen LogP contribution in [-0.2, 0) is 9.39 Å². The summed E-state index contributed by atoms with van der Waals surface area (Å²) in [4.78, 5) is 15.2. The minimum atomic E-state index is -1.21. The Morgan fingerprint density at radius 2 is 1.69 bits per heavy atom. The van der Waals surface area contributed by atoms with E-state index in [0.717, 1.165) is 10.9 Å². The summed E-state index contributed by atoms with van der Waals surface area (Å²) in [6.45, 7) is 12.1.